The van der Waals surface area contributed by atoms with Gasteiger partial charge in [0, 0.05) is 18.5 Å². The quantitative estimate of drug-likeness (QED) is 0.687. The van der Waals surface area contributed by atoms with Crippen molar-refractivity contribution in [2.45, 2.75) is 31.5 Å². The molecule has 1 saturated carbocycles. The largest absolute Gasteiger partial charge is 0.489 e. The fourth-order valence-corrected chi connectivity index (χ4v) is 3.03. The molecule has 1 heterocycles. The molecule has 5 nitrogen and oxygen atoms in total. The van der Waals surface area contributed by atoms with Crippen molar-refractivity contribution in [3.8, 4) is 5.75 Å². The molecule has 0 saturated heterocycles. The summed E-state index contributed by atoms with van der Waals surface area (Å²) in [6, 6.07) is 19.1. The van der Waals surface area contributed by atoms with Crippen LogP contribution in [0.3, 0.4) is 0 Å². The molecule has 1 aliphatic carbocycles. The highest BCUT2D eigenvalue weighted by Crippen LogP contribution is 2.41. The third-order valence-corrected chi connectivity index (χ3v) is 4.62. The van der Waals surface area contributed by atoms with E-state index in [0.29, 0.717) is 30.9 Å². The van der Waals surface area contributed by atoms with E-state index in [0.717, 1.165) is 17.9 Å². The van der Waals surface area contributed by atoms with Crippen molar-refractivity contribution in [3.63, 3.8) is 0 Å². The maximum absolute atomic E-state index is 5.85. The van der Waals surface area contributed by atoms with Gasteiger partial charge in [0.15, 0.2) is 0 Å². The third-order valence-electron chi connectivity index (χ3n) is 4.62. The van der Waals surface area contributed by atoms with Crippen molar-refractivity contribution < 1.29 is 4.74 Å². The minimum atomic E-state index is 0.452. The van der Waals surface area contributed by atoms with Gasteiger partial charge in [-0.2, -0.15) is 0 Å². The highest BCUT2D eigenvalue weighted by atomic mass is 16.5. The molecular weight excluding hydrogens is 324 g/mol. The average Bonchev–Trinajstić information content (AvgIpc) is 3.47. The summed E-state index contributed by atoms with van der Waals surface area (Å²) in [5.74, 6) is 1.91. The number of benzene rings is 2. The van der Waals surface area contributed by atoms with E-state index in [1.807, 2.05) is 18.2 Å². The van der Waals surface area contributed by atoms with E-state index < -0.39 is 0 Å². The molecule has 1 fully saturated rings. The number of hydrogen-bond acceptors (Lipinski definition) is 5. The van der Waals surface area contributed by atoms with Gasteiger partial charge >= 0.3 is 0 Å². The van der Waals surface area contributed by atoms with Gasteiger partial charge in [-0.1, -0.05) is 42.5 Å². The number of nitrogens with zero attached hydrogens (tertiary/aromatic N) is 2. The number of nitrogen functional groups attached to an aromatic ring is 1. The van der Waals surface area contributed by atoms with Crippen molar-refractivity contribution in [2.24, 2.45) is 0 Å². The van der Waals surface area contributed by atoms with Gasteiger partial charge in [-0.3, -0.25) is 4.98 Å². The number of aromatic nitrogens is 2. The van der Waals surface area contributed by atoms with Gasteiger partial charge in [0.05, 0.1) is 18.1 Å². The minimum Gasteiger partial charge on any atom is -0.489 e. The van der Waals surface area contributed by atoms with Crippen LogP contribution in [0, 0.1) is 0 Å². The Morgan fingerprint density at radius 3 is 2.54 bits per heavy atom. The molecule has 4 rings (SSSR count). The molecule has 0 radical (unpaired) electrons. The van der Waals surface area contributed by atoms with Crippen molar-refractivity contribution in [1.82, 2.24) is 15.3 Å². The topological polar surface area (TPSA) is 73.1 Å². The Hall–Kier alpha value is -2.92. The molecule has 26 heavy (non-hydrogen) atoms. The van der Waals surface area contributed by atoms with Crippen LogP contribution in [0.1, 0.15) is 29.2 Å². The van der Waals surface area contributed by atoms with Crippen LogP contribution < -0.4 is 15.8 Å². The first kappa shape index (κ1) is 16.5. The van der Waals surface area contributed by atoms with Gasteiger partial charge in [0.1, 0.15) is 18.2 Å². The van der Waals surface area contributed by atoms with Crippen molar-refractivity contribution in [3.05, 3.63) is 83.8 Å². The van der Waals surface area contributed by atoms with E-state index in [1.165, 1.54) is 11.1 Å². The van der Waals surface area contributed by atoms with E-state index in [2.05, 4.69) is 51.7 Å². The molecule has 2 atom stereocenters. The highest BCUT2D eigenvalue weighted by Gasteiger charge is 2.37. The standard InChI is InChI=1S/C21H22N4O/c22-21-13-23-17(12-25-21)11-24-20-10-19(20)16-6-8-18(9-7-16)26-14-15-4-2-1-3-5-15/h1-9,12-13,19-20,24H,10-11,14H2,(H2,22,25)/t19-,20+/m0/s1. The van der Waals surface area contributed by atoms with E-state index in [9.17, 15) is 0 Å². The monoisotopic (exact) mass is 346 g/mol. The average molecular weight is 346 g/mol. The lowest BCUT2D eigenvalue weighted by molar-refractivity contribution is 0.306. The second-order valence-electron chi connectivity index (χ2n) is 6.61. The van der Waals surface area contributed by atoms with Crippen LogP contribution in [0.4, 0.5) is 5.82 Å². The van der Waals surface area contributed by atoms with Crippen LogP contribution >= 0.6 is 0 Å². The first-order chi connectivity index (χ1) is 12.8. The molecule has 0 amide bonds. The molecule has 1 aromatic heterocycles. The van der Waals surface area contributed by atoms with Crippen LogP contribution in [0.15, 0.2) is 67.0 Å². The number of rotatable bonds is 7. The number of anilines is 1. The van der Waals surface area contributed by atoms with Gasteiger partial charge < -0.3 is 15.8 Å². The molecular formula is C21H22N4O. The molecule has 3 N–H and O–H groups in total. The van der Waals surface area contributed by atoms with Crippen molar-refractivity contribution in [2.75, 3.05) is 5.73 Å². The summed E-state index contributed by atoms with van der Waals surface area (Å²) in [5.41, 5.74) is 8.99. The highest BCUT2D eigenvalue weighted by molar-refractivity contribution is 5.34. The number of ether oxygens (including phenoxy) is 1. The first-order valence-corrected chi connectivity index (χ1v) is 8.84. The molecule has 132 valence electrons. The van der Waals surface area contributed by atoms with E-state index in [4.69, 9.17) is 10.5 Å². The lowest BCUT2D eigenvalue weighted by atomic mass is 10.1. The molecule has 0 unspecified atom stereocenters. The van der Waals surface area contributed by atoms with Gasteiger partial charge in [-0.25, -0.2) is 4.98 Å². The molecule has 1 aliphatic rings. The Morgan fingerprint density at radius 1 is 1.00 bits per heavy atom. The fraction of sp³-hybridized carbons (Fsp3) is 0.238. The second kappa shape index (κ2) is 7.54. The van der Waals surface area contributed by atoms with Crippen LogP contribution in [0.2, 0.25) is 0 Å². The lowest BCUT2D eigenvalue weighted by Crippen LogP contribution is -2.18. The molecule has 2 aromatic carbocycles. The fourth-order valence-electron chi connectivity index (χ4n) is 3.03. The number of nitrogens with two attached hydrogens (primary N) is 1. The van der Waals surface area contributed by atoms with Crippen LogP contribution in [0.25, 0.3) is 0 Å². The summed E-state index contributed by atoms with van der Waals surface area (Å²) in [6.07, 6.45) is 4.46. The molecule has 0 spiro atoms. The van der Waals surface area contributed by atoms with Crippen molar-refractivity contribution >= 4 is 5.82 Å². The van der Waals surface area contributed by atoms with Crippen LogP contribution in [-0.2, 0) is 13.2 Å². The zero-order valence-electron chi connectivity index (χ0n) is 14.5. The Morgan fingerprint density at radius 2 is 1.81 bits per heavy atom. The zero-order chi connectivity index (χ0) is 17.8. The summed E-state index contributed by atoms with van der Waals surface area (Å²) in [5, 5.41) is 3.53. The second-order valence-corrected chi connectivity index (χ2v) is 6.61. The number of nitrogens with one attached hydrogen (secondary N) is 1. The van der Waals surface area contributed by atoms with Gasteiger partial charge in [-0.15, -0.1) is 0 Å². The number of hydrogen-bond donors (Lipinski definition) is 2. The van der Waals surface area contributed by atoms with E-state index in [1.54, 1.807) is 12.4 Å². The Labute approximate surface area is 153 Å². The molecule has 5 heteroatoms. The zero-order valence-corrected chi connectivity index (χ0v) is 14.5. The van der Waals surface area contributed by atoms with E-state index in [-0.39, 0.29) is 0 Å². The summed E-state index contributed by atoms with van der Waals surface area (Å²) >= 11 is 0. The Kier molecular flexibility index (Phi) is 4.80. The van der Waals surface area contributed by atoms with Crippen LogP contribution in [-0.4, -0.2) is 16.0 Å². The molecule has 3 aromatic rings. The summed E-state index contributed by atoms with van der Waals surface area (Å²) in [6.45, 7) is 1.31. The first-order valence-electron chi connectivity index (χ1n) is 8.84. The lowest BCUT2D eigenvalue weighted by Gasteiger charge is -2.08. The molecule has 0 aliphatic heterocycles. The van der Waals surface area contributed by atoms with Gasteiger partial charge in [0.2, 0.25) is 0 Å². The SMILES string of the molecule is Nc1cnc(CN[C@@H]2C[C@H]2c2ccc(OCc3ccccc3)cc2)cn1. The van der Waals surface area contributed by atoms with Gasteiger partial charge in [-0.05, 0) is 29.7 Å². The normalized spacial score (nSPS) is 18.5. The predicted molar refractivity (Wildman–Crippen MR) is 102 cm³/mol. The summed E-state index contributed by atoms with van der Waals surface area (Å²) in [7, 11) is 0. The minimum absolute atomic E-state index is 0.452. The van der Waals surface area contributed by atoms with E-state index >= 15 is 0 Å². The Bertz CT molecular complexity index is 834. The summed E-state index contributed by atoms with van der Waals surface area (Å²) < 4.78 is 5.85. The maximum Gasteiger partial charge on any atom is 0.141 e. The van der Waals surface area contributed by atoms with Crippen molar-refractivity contribution in [1.29, 1.82) is 0 Å². The van der Waals surface area contributed by atoms with Gasteiger partial charge in [0.25, 0.3) is 0 Å². The Balaban J connectivity index is 1.26. The third kappa shape index (κ3) is 4.18. The van der Waals surface area contributed by atoms with Crippen LogP contribution in [0.5, 0.6) is 5.75 Å². The summed E-state index contributed by atoms with van der Waals surface area (Å²) in [4.78, 5) is 8.33. The smallest absolute Gasteiger partial charge is 0.141 e. The predicted octanol–water partition coefficient (Wildman–Crippen LogP) is 3.28. The molecule has 0 bridgehead atoms. The maximum atomic E-state index is 5.85.